The van der Waals surface area contributed by atoms with Crippen molar-refractivity contribution in [1.82, 2.24) is 20.4 Å². The van der Waals surface area contributed by atoms with E-state index in [0.717, 1.165) is 38.0 Å². The monoisotopic (exact) mass is 558 g/mol. The van der Waals surface area contributed by atoms with Crippen LogP contribution in [0.1, 0.15) is 60.6 Å². The zero-order valence-corrected chi connectivity index (χ0v) is 22.3. The molecule has 3 aliphatic heterocycles. The van der Waals surface area contributed by atoms with Gasteiger partial charge in [0.25, 0.3) is 5.91 Å². The van der Waals surface area contributed by atoms with Gasteiger partial charge in [-0.15, -0.1) is 0 Å². The van der Waals surface area contributed by atoms with Crippen molar-refractivity contribution in [2.24, 2.45) is 0 Å². The standard InChI is InChI=1S/C29H36F2N4O5/c30-29(31,21-5-4-6-22(16-21)40-14-13-34-11-2-1-3-12-34)28(39)32-17-19-7-8-23-20(15-19)18-35(27(23)38)24-9-10-25(36)33-26(24)37/h4-8,15-16,24-25,27,36,38H,1-3,9-14,17-18H2,(H,32,39)(H,33,37)/t24?,25-,27+/m1/s1. The van der Waals surface area contributed by atoms with Crippen LogP contribution in [0.4, 0.5) is 8.78 Å². The number of fused-ring (bicyclic) bond motifs is 1. The Kier molecular flexibility index (Phi) is 8.65. The Bertz CT molecular complexity index is 1220. The minimum atomic E-state index is -3.76. The number of halogens is 2. The van der Waals surface area contributed by atoms with Gasteiger partial charge in [-0.25, -0.2) is 0 Å². The van der Waals surface area contributed by atoms with Crippen LogP contribution in [0.15, 0.2) is 42.5 Å². The molecule has 2 fully saturated rings. The SMILES string of the molecule is O=C1N[C@H](O)CCC1N1Cc2cc(CNC(=O)C(F)(F)c3cccc(OCCN4CCCCC4)c3)ccc2[C@@H]1O. The maximum atomic E-state index is 15.1. The molecule has 40 heavy (non-hydrogen) atoms. The number of benzene rings is 2. The van der Waals surface area contributed by atoms with E-state index >= 15 is 8.78 Å². The molecule has 2 aromatic rings. The van der Waals surface area contributed by atoms with Crippen LogP contribution in [0.2, 0.25) is 0 Å². The number of carbonyl (C=O) groups excluding carboxylic acids is 2. The second-order valence-electron chi connectivity index (χ2n) is 10.7. The van der Waals surface area contributed by atoms with Gasteiger partial charge in [0, 0.05) is 25.2 Å². The smallest absolute Gasteiger partial charge is 0.349 e. The lowest BCUT2D eigenvalue weighted by molar-refractivity contribution is -0.147. The number of nitrogens with zero attached hydrogens (tertiary/aromatic N) is 2. The third kappa shape index (κ3) is 6.27. The van der Waals surface area contributed by atoms with Crippen LogP contribution >= 0.6 is 0 Å². The summed E-state index contributed by atoms with van der Waals surface area (Å²) in [5.41, 5.74) is 1.52. The van der Waals surface area contributed by atoms with Gasteiger partial charge < -0.3 is 25.6 Å². The van der Waals surface area contributed by atoms with E-state index < -0.39 is 35.9 Å². The van der Waals surface area contributed by atoms with Gasteiger partial charge in [0.05, 0.1) is 6.04 Å². The zero-order chi connectivity index (χ0) is 28.3. The van der Waals surface area contributed by atoms with Crippen molar-refractivity contribution in [3.8, 4) is 5.75 Å². The van der Waals surface area contributed by atoms with Crippen molar-refractivity contribution in [2.45, 2.75) is 69.6 Å². The molecule has 0 saturated carbocycles. The number of alkyl halides is 2. The summed E-state index contributed by atoms with van der Waals surface area (Å²) in [5.74, 6) is -5.23. The summed E-state index contributed by atoms with van der Waals surface area (Å²) < 4.78 is 35.8. The Morgan fingerprint density at radius 3 is 2.67 bits per heavy atom. The minimum absolute atomic E-state index is 0.125. The van der Waals surface area contributed by atoms with E-state index in [1.807, 2.05) is 0 Å². The van der Waals surface area contributed by atoms with Gasteiger partial charge in [0.2, 0.25) is 5.91 Å². The highest BCUT2D eigenvalue weighted by Gasteiger charge is 2.42. The Balaban J connectivity index is 1.16. The molecule has 11 heteroatoms. The summed E-state index contributed by atoms with van der Waals surface area (Å²) in [5, 5.41) is 25.2. The third-order valence-electron chi connectivity index (χ3n) is 7.94. The summed E-state index contributed by atoms with van der Waals surface area (Å²) in [6.45, 7) is 3.32. The van der Waals surface area contributed by atoms with Gasteiger partial charge in [0.15, 0.2) is 0 Å². The number of amides is 2. The van der Waals surface area contributed by atoms with Crippen LogP contribution in [0.3, 0.4) is 0 Å². The first-order valence-electron chi connectivity index (χ1n) is 13.9. The molecule has 2 amide bonds. The van der Waals surface area contributed by atoms with E-state index in [1.165, 1.54) is 24.6 Å². The molecule has 3 heterocycles. The van der Waals surface area contributed by atoms with Gasteiger partial charge in [0.1, 0.15) is 24.8 Å². The lowest BCUT2D eigenvalue weighted by atomic mass is 10.0. The second kappa shape index (κ2) is 12.2. The zero-order valence-electron chi connectivity index (χ0n) is 22.3. The Morgan fingerprint density at radius 2 is 1.90 bits per heavy atom. The molecule has 4 N–H and O–H groups in total. The van der Waals surface area contributed by atoms with Gasteiger partial charge >= 0.3 is 5.92 Å². The van der Waals surface area contributed by atoms with Crippen molar-refractivity contribution >= 4 is 11.8 Å². The van der Waals surface area contributed by atoms with Crippen LogP contribution in [0.5, 0.6) is 5.75 Å². The second-order valence-corrected chi connectivity index (χ2v) is 10.7. The maximum Gasteiger partial charge on any atom is 0.349 e. The number of piperidine rings is 2. The molecule has 0 spiro atoms. The average molecular weight is 559 g/mol. The number of ether oxygens (including phenoxy) is 1. The summed E-state index contributed by atoms with van der Waals surface area (Å²) in [6, 6.07) is 9.98. The summed E-state index contributed by atoms with van der Waals surface area (Å²) >= 11 is 0. The predicted octanol–water partition coefficient (Wildman–Crippen LogP) is 2.36. The van der Waals surface area contributed by atoms with Gasteiger partial charge in [-0.1, -0.05) is 36.8 Å². The first-order chi connectivity index (χ1) is 19.2. The number of carbonyl (C=O) groups is 2. The quantitative estimate of drug-likeness (QED) is 0.374. The van der Waals surface area contributed by atoms with E-state index in [4.69, 9.17) is 4.74 Å². The average Bonchev–Trinajstić information content (AvgIpc) is 3.27. The molecule has 2 aromatic carbocycles. The topological polar surface area (TPSA) is 114 Å². The van der Waals surface area contributed by atoms with Crippen LogP contribution in [0.25, 0.3) is 0 Å². The molecule has 1 unspecified atom stereocenters. The molecular formula is C29H36F2N4O5. The molecular weight excluding hydrogens is 522 g/mol. The van der Waals surface area contributed by atoms with E-state index in [0.29, 0.717) is 36.3 Å². The first-order valence-corrected chi connectivity index (χ1v) is 13.9. The lowest BCUT2D eigenvalue weighted by Gasteiger charge is -2.34. The third-order valence-corrected chi connectivity index (χ3v) is 7.94. The summed E-state index contributed by atoms with van der Waals surface area (Å²) in [6.07, 6.45) is 2.45. The fraction of sp³-hybridized carbons (Fsp3) is 0.517. The van der Waals surface area contributed by atoms with E-state index in [9.17, 15) is 19.8 Å². The molecule has 3 atom stereocenters. The van der Waals surface area contributed by atoms with Crippen LogP contribution in [-0.2, 0) is 28.6 Å². The minimum Gasteiger partial charge on any atom is -0.492 e. The molecule has 9 nitrogen and oxygen atoms in total. The highest BCUT2D eigenvalue weighted by Crippen LogP contribution is 2.36. The Hall–Kier alpha value is -3.12. The van der Waals surface area contributed by atoms with Crippen molar-refractivity contribution in [3.63, 3.8) is 0 Å². The summed E-state index contributed by atoms with van der Waals surface area (Å²) in [4.78, 5) is 28.8. The Labute approximate surface area is 232 Å². The predicted molar refractivity (Wildman–Crippen MR) is 142 cm³/mol. The van der Waals surface area contributed by atoms with Crippen molar-refractivity contribution < 1.29 is 33.3 Å². The van der Waals surface area contributed by atoms with Crippen molar-refractivity contribution in [3.05, 3.63) is 64.7 Å². The van der Waals surface area contributed by atoms with Gasteiger partial charge in [-0.2, -0.15) is 8.78 Å². The number of hydrogen-bond donors (Lipinski definition) is 4. The molecule has 3 aliphatic rings. The number of rotatable bonds is 9. The fourth-order valence-electron chi connectivity index (χ4n) is 5.68. The molecule has 0 radical (unpaired) electrons. The first kappa shape index (κ1) is 28.4. The molecule has 0 bridgehead atoms. The van der Waals surface area contributed by atoms with Gasteiger partial charge in [-0.3, -0.25) is 19.4 Å². The maximum absolute atomic E-state index is 15.1. The van der Waals surface area contributed by atoms with E-state index in [-0.39, 0.29) is 19.0 Å². The normalized spacial score (nSPS) is 23.9. The van der Waals surface area contributed by atoms with Crippen LogP contribution < -0.4 is 15.4 Å². The summed E-state index contributed by atoms with van der Waals surface area (Å²) in [7, 11) is 0. The fourth-order valence-corrected chi connectivity index (χ4v) is 5.68. The number of aliphatic hydroxyl groups excluding tert-OH is 2. The lowest BCUT2D eigenvalue weighted by Crippen LogP contribution is -2.53. The van der Waals surface area contributed by atoms with Crippen molar-refractivity contribution in [2.75, 3.05) is 26.2 Å². The number of hydrogen-bond acceptors (Lipinski definition) is 7. The number of likely N-dealkylation sites (tertiary alicyclic amines) is 1. The Morgan fingerprint density at radius 1 is 1.10 bits per heavy atom. The highest BCUT2D eigenvalue weighted by atomic mass is 19.3. The number of nitrogens with one attached hydrogen (secondary N) is 2. The number of aliphatic hydroxyl groups is 2. The largest absolute Gasteiger partial charge is 0.492 e. The molecule has 216 valence electrons. The molecule has 5 rings (SSSR count). The van der Waals surface area contributed by atoms with Gasteiger partial charge in [-0.05, 0) is 67.6 Å². The van der Waals surface area contributed by atoms with E-state index in [1.54, 1.807) is 29.2 Å². The molecule has 0 aromatic heterocycles. The highest BCUT2D eigenvalue weighted by molar-refractivity contribution is 5.85. The molecule has 2 saturated heterocycles. The van der Waals surface area contributed by atoms with E-state index in [2.05, 4.69) is 15.5 Å². The van der Waals surface area contributed by atoms with Crippen LogP contribution in [-0.4, -0.2) is 70.3 Å². The van der Waals surface area contributed by atoms with Crippen LogP contribution in [0, 0.1) is 0 Å². The van der Waals surface area contributed by atoms with Crippen molar-refractivity contribution in [1.29, 1.82) is 0 Å². The molecule has 0 aliphatic carbocycles.